The Kier molecular flexibility index (Phi) is 3.04. The fraction of sp³-hybridized carbons (Fsp3) is 0. The molecule has 0 spiro atoms. The van der Waals surface area contributed by atoms with Crippen molar-refractivity contribution in [1.82, 2.24) is 10.6 Å². The lowest BCUT2D eigenvalue weighted by atomic mass is 10.0. The van der Waals surface area contributed by atoms with E-state index in [0.717, 1.165) is 5.56 Å². The maximum Gasteiger partial charge on any atom is 0.258 e. The molecule has 2 amide bonds. The quantitative estimate of drug-likeness (QED) is 0.837. The molecular weight excluding hydrogens is 302 g/mol. The van der Waals surface area contributed by atoms with Crippen LogP contribution in [0.25, 0.3) is 16.2 Å². The second-order valence-corrected chi connectivity index (χ2v) is 5.44. The summed E-state index contributed by atoms with van der Waals surface area (Å²) in [5.41, 5.74) is 3.53. The average molecular weight is 313 g/mol. The second-order valence-electron chi connectivity index (χ2n) is 5.44. The predicted molar refractivity (Wildman–Crippen MR) is 89.3 cm³/mol. The summed E-state index contributed by atoms with van der Waals surface area (Å²) in [6.45, 7) is 7.11. The minimum Gasteiger partial charge on any atom is -0.321 e. The van der Waals surface area contributed by atoms with Crippen LogP contribution in [0.1, 0.15) is 11.1 Å². The topological polar surface area (TPSA) is 62.6 Å². The molecule has 2 aromatic rings. The molecule has 0 radical (unpaired) electrons. The molecule has 5 nitrogen and oxygen atoms in total. The maximum atomic E-state index is 12.5. The molecule has 5 heteroatoms. The molecule has 0 atom stereocenters. The summed E-state index contributed by atoms with van der Waals surface area (Å²) in [5.74, 6) is -0.629. The van der Waals surface area contributed by atoms with E-state index >= 15 is 0 Å². The molecule has 24 heavy (non-hydrogen) atoms. The molecule has 4 rings (SSSR count). The Morgan fingerprint density at radius 3 is 1.96 bits per heavy atom. The third-order valence-corrected chi connectivity index (χ3v) is 4.01. The Hall–Kier alpha value is -3.65. The lowest BCUT2D eigenvalue weighted by Gasteiger charge is -2.07. The Morgan fingerprint density at radius 2 is 1.33 bits per heavy atom. The van der Waals surface area contributed by atoms with E-state index in [0.29, 0.717) is 33.8 Å². The predicted octanol–water partition coefficient (Wildman–Crippen LogP) is 2.62. The van der Waals surface area contributed by atoms with Gasteiger partial charge in [-0.2, -0.15) is 0 Å². The largest absolute Gasteiger partial charge is 0.321 e. The van der Waals surface area contributed by atoms with E-state index in [4.69, 9.17) is 6.57 Å². The van der Waals surface area contributed by atoms with Crippen LogP contribution in [0.4, 0.5) is 5.69 Å². The molecule has 2 heterocycles. The van der Waals surface area contributed by atoms with Crippen LogP contribution in [0.15, 0.2) is 65.7 Å². The molecule has 0 unspecified atom stereocenters. The molecule has 0 aliphatic carbocycles. The first-order valence-corrected chi connectivity index (χ1v) is 7.34. The van der Waals surface area contributed by atoms with E-state index in [2.05, 4.69) is 15.5 Å². The van der Waals surface area contributed by atoms with Gasteiger partial charge in [0.05, 0.1) is 29.1 Å². The fourth-order valence-corrected chi connectivity index (χ4v) is 2.95. The van der Waals surface area contributed by atoms with Crippen molar-refractivity contribution in [2.45, 2.75) is 0 Å². The monoisotopic (exact) mass is 313 g/mol. The van der Waals surface area contributed by atoms with Crippen LogP contribution in [0.3, 0.4) is 0 Å². The van der Waals surface area contributed by atoms with Gasteiger partial charge in [0.1, 0.15) is 0 Å². The van der Waals surface area contributed by atoms with E-state index in [1.807, 2.05) is 30.3 Å². The first-order chi connectivity index (χ1) is 11.7. The van der Waals surface area contributed by atoms with Gasteiger partial charge in [-0.3, -0.25) is 9.59 Å². The minimum absolute atomic E-state index is 0.314. The highest BCUT2D eigenvalue weighted by Gasteiger charge is 2.40. The lowest BCUT2D eigenvalue weighted by Crippen LogP contribution is -2.21. The number of hydrogen-bond donors (Lipinski definition) is 2. The molecule has 2 N–H and O–H groups in total. The van der Waals surface area contributed by atoms with Crippen LogP contribution < -0.4 is 10.6 Å². The minimum atomic E-state index is -0.314. The van der Waals surface area contributed by atoms with E-state index in [9.17, 15) is 9.59 Å². The van der Waals surface area contributed by atoms with Crippen molar-refractivity contribution in [2.24, 2.45) is 0 Å². The number of nitrogens with one attached hydrogen (secondary N) is 2. The van der Waals surface area contributed by atoms with Gasteiger partial charge >= 0.3 is 0 Å². The van der Waals surface area contributed by atoms with Gasteiger partial charge in [0.15, 0.2) is 5.69 Å². The van der Waals surface area contributed by atoms with E-state index in [-0.39, 0.29) is 11.8 Å². The molecule has 0 fully saturated rings. The van der Waals surface area contributed by atoms with Gasteiger partial charge in [-0.25, -0.2) is 4.85 Å². The van der Waals surface area contributed by atoms with Crippen molar-refractivity contribution in [2.75, 3.05) is 0 Å². The molecule has 0 bridgehead atoms. The molecule has 114 valence electrons. The summed E-state index contributed by atoms with van der Waals surface area (Å²) in [6.07, 6.45) is 0. The van der Waals surface area contributed by atoms with E-state index in [1.165, 1.54) is 0 Å². The van der Waals surface area contributed by atoms with Gasteiger partial charge < -0.3 is 10.6 Å². The van der Waals surface area contributed by atoms with Crippen molar-refractivity contribution < 1.29 is 9.59 Å². The maximum absolute atomic E-state index is 12.5. The normalized spacial score (nSPS) is 16.0. The number of rotatable bonds is 2. The molecule has 0 aromatic heterocycles. The lowest BCUT2D eigenvalue weighted by molar-refractivity contribution is -0.117. The molecule has 2 aliphatic rings. The van der Waals surface area contributed by atoms with Crippen LogP contribution in [-0.4, -0.2) is 11.8 Å². The third-order valence-electron chi connectivity index (χ3n) is 4.01. The van der Waals surface area contributed by atoms with E-state index in [1.54, 1.807) is 24.3 Å². The molecule has 0 saturated heterocycles. The first-order valence-electron chi connectivity index (χ1n) is 7.34. The Balaban J connectivity index is 1.92. The molecular formula is C19H11N3O2. The number of benzene rings is 2. The van der Waals surface area contributed by atoms with E-state index < -0.39 is 0 Å². The van der Waals surface area contributed by atoms with Crippen LogP contribution in [0.2, 0.25) is 0 Å². The number of carbonyl (C=O) groups excluding carboxylic acids is 2. The van der Waals surface area contributed by atoms with Gasteiger partial charge in [0.2, 0.25) is 0 Å². The smallest absolute Gasteiger partial charge is 0.258 e. The summed E-state index contributed by atoms with van der Waals surface area (Å²) >= 11 is 0. The standard InChI is InChI=1S/C19H11N3O2/c1-20-13-9-5-8-12(10-13)17-15-14(18(23)22-17)16(21-19(15)24)11-6-3-2-4-7-11/h2-10H,(H,21,24)(H,22,23). The fourth-order valence-electron chi connectivity index (χ4n) is 2.95. The summed E-state index contributed by atoms with van der Waals surface area (Å²) in [7, 11) is 0. The highest BCUT2D eigenvalue weighted by atomic mass is 16.2. The summed E-state index contributed by atoms with van der Waals surface area (Å²) < 4.78 is 0. The van der Waals surface area contributed by atoms with Gasteiger partial charge in [-0.15, -0.1) is 0 Å². The summed E-state index contributed by atoms with van der Waals surface area (Å²) in [6, 6.07) is 16.1. The number of carbonyl (C=O) groups is 2. The zero-order chi connectivity index (χ0) is 16.7. The van der Waals surface area contributed by atoms with Crippen molar-refractivity contribution in [3.05, 3.63) is 88.3 Å². The summed E-state index contributed by atoms with van der Waals surface area (Å²) in [5, 5.41) is 5.57. The van der Waals surface area contributed by atoms with Crippen LogP contribution in [0.5, 0.6) is 0 Å². The zero-order valence-corrected chi connectivity index (χ0v) is 12.5. The van der Waals surface area contributed by atoms with Gasteiger partial charge in [0, 0.05) is 0 Å². The molecule has 2 aromatic carbocycles. The molecule has 2 aliphatic heterocycles. The zero-order valence-electron chi connectivity index (χ0n) is 12.5. The van der Waals surface area contributed by atoms with Crippen molar-refractivity contribution >= 4 is 28.9 Å². The summed E-state index contributed by atoms with van der Waals surface area (Å²) in [4.78, 5) is 28.3. The Labute approximate surface area is 138 Å². The molecule has 0 saturated carbocycles. The van der Waals surface area contributed by atoms with Crippen molar-refractivity contribution in [3.8, 4) is 0 Å². The second kappa shape index (κ2) is 5.21. The average Bonchev–Trinajstić information content (AvgIpc) is 3.15. The Morgan fingerprint density at radius 1 is 0.750 bits per heavy atom. The number of nitrogens with zero attached hydrogens (tertiary/aromatic N) is 1. The number of amides is 2. The number of hydrogen-bond acceptors (Lipinski definition) is 2. The highest BCUT2D eigenvalue weighted by molar-refractivity contribution is 6.30. The highest BCUT2D eigenvalue weighted by Crippen LogP contribution is 2.37. The van der Waals surface area contributed by atoms with Crippen molar-refractivity contribution in [3.63, 3.8) is 0 Å². The van der Waals surface area contributed by atoms with Gasteiger partial charge in [-0.1, -0.05) is 48.5 Å². The number of fused-ring (bicyclic) bond motifs is 1. The van der Waals surface area contributed by atoms with Crippen molar-refractivity contribution in [1.29, 1.82) is 0 Å². The SMILES string of the molecule is [C-]#[N+]c1cccc(C2=C3C(=O)NC(c4ccccc4)=C3C(=O)N2)c1. The van der Waals surface area contributed by atoms with Gasteiger partial charge in [-0.05, 0) is 17.2 Å². The third kappa shape index (κ3) is 2.02. The van der Waals surface area contributed by atoms with Crippen LogP contribution in [0, 0.1) is 6.57 Å². The Bertz CT molecular complexity index is 995. The van der Waals surface area contributed by atoms with Gasteiger partial charge in [0.25, 0.3) is 11.8 Å². The van der Waals surface area contributed by atoms with Crippen LogP contribution >= 0.6 is 0 Å². The van der Waals surface area contributed by atoms with Crippen LogP contribution in [-0.2, 0) is 9.59 Å². The first kappa shape index (κ1) is 14.0.